The maximum Gasteiger partial charge on any atom is 0.407 e. The summed E-state index contributed by atoms with van der Waals surface area (Å²) in [6.45, 7) is 4.75. The highest BCUT2D eigenvalue weighted by atomic mass is 32.2. The number of amides is 1. The molecular formula is C34H41N3O10S. The number of aromatic nitrogens is 1. The molecule has 0 radical (unpaired) electrons. The van der Waals surface area contributed by atoms with Gasteiger partial charge in [0, 0.05) is 37.1 Å². The van der Waals surface area contributed by atoms with E-state index in [1.807, 2.05) is 38.1 Å². The number of nitrogens with zero attached hydrogens (tertiary/aromatic N) is 2. The Hall–Kier alpha value is -3.95. The van der Waals surface area contributed by atoms with Crippen molar-refractivity contribution in [1.82, 2.24) is 14.6 Å². The third-order valence-corrected chi connectivity index (χ3v) is 10.3. The Morgan fingerprint density at radius 1 is 1.06 bits per heavy atom. The number of fused-ring (bicyclic) bond motifs is 2. The number of rotatable bonds is 14. The largest absolute Gasteiger partial charge is 0.489 e. The van der Waals surface area contributed by atoms with Crippen LogP contribution in [-0.4, -0.2) is 86.5 Å². The number of aliphatic hydroxyl groups excluding tert-OH is 1. The molecule has 0 saturated carbocycles. The smallest absolute Gasteiger partial charge is 0.407 e. The van der Waals surface area contributed by atoms with Crippen molar-refractivity contribution in [2.24, 2.45) is 11.8 Å². The van der Waals surface area contributed by atoms with Crippen LogP contribution in [0.1, 0.15) is 31.4 Å². The molecule has 0 aliphatic carbocycles. The molecular weight excluding hydrogens is 642 g/mol. The Morgan fingerprint density at radius 2 is 1.88 bits per heavy atom. The second-order valence-electron chi connectivity index (χ2n) is 12.5. The van der Waals surface area contributed by atoms with Crippen LogP contribution in [0.3, 0.4) is 0 Å². The quantitative estimate of drug-likeness (QED) is 0.257. The minimum absolute atomic E-state index is 0.00965. The van der Waals surface area contributed by atoms with Gasteiger partial charge in [0.15, 0.2) is 17.8 Å². The number of aliphatic hydroxyl groups is 1. The van der Waals surface area contributed by atoms with Crippen LogP contribution in [0.5, 0.6) is 17.2 Å². The third kappa shape index (κ3) is 8.18. The first-order chi connectivity index (χ1) is 23.2. The highest BCUT2D eigenvalue weighted by Crippen LogP contribution is 2.35. The predicted octanol–water partition coefficient (Wildman–Crippen LogP) is 3.50. The number of benzene rings is 2. The summed E-state index contributed by atoms with van der Waals surface area (Å²) in [5.74, 6) is 1.32. The van der Waals surface area contributed by atoms with Crippen molar-refractivity contribution in [3.05, 3.63) is 78.1 Å². The van der Waals surface area contributed by atoms with E-state index in [4.69, 9.17) is 28.4 Å². The summed E-state index contributed by atoms with van der Waals surface area (Å²) in [5, 5.41) is 14.5. The Kier molecular flexibility index (Phi) is 10.7. The van der Waals surface area contributed by atoms with Crippen LogP contribution < -0.4 is 19.5 Å². The third-order valence-electron chi connectivity index (χ3n) is 8.46. The van der Waals surface area contributed by atoms with Crippen molar-refractivity contribution in [3.8, 4) is 17.2 Å². The zero-order valence-corrected chi connectivity index (χ0v) is 27.7. The van der Waals surface area contributed by atoms with Gasteiger partial charge in [0.05, 0.1) is 36.2 Å². The van der Waals surface area contributed by atoms with Crippen LogP contribution in [0.2, 0.25) is 0 Å². The topological polar surface area (TPSA) is 155 Å². The number of carbonyl (C=O) groups excluding carboxylic acids is 1. The SMILES string of the molecule is CC(C)CN(C[C@@H](O)[C@H](Cc1ccc(OCc2cccnc2)cc1)NC(=O)O[C@H]1CO[C@H]2OCC[C@H]21)S(=O)(=O)c1ccc2c(c1)OCO2. The fourth-order valence-electron chi connectivity index (χ4n) is 5.98. The second kappa shape index (κ2) is 15.1. The highest BCUT2D eigenvalue weighted by Gasteiger charge is 2.44. The molecule has 13 nitrogen and oxygen atoms in total. The Morgan fingerprint density at radius 3 is 2.65 bits per heavy atom. The molecule has 0 spiro atoms. The number of nitrogens with one attached hydrogen (secondary N) is 1. The van der Waals surface area contributed by atoms with Crippen LogP contribution in [0, 0.1) is 11.8 Å². The molecule has 2 N–H and O–H groups in total. The summed E-state index contributed by atoms with van der Waals surface area (Å²) >= 11 is 0. The Bertz CT molecular complexity index is 1640. The molecule has 6 rings (SSSR count). The van der Waals surface area contributed by atoms with E-state index < -0.39 is 40.7 Å². The van der Waals surface area contributed by atoms with Gasteiger partial charge in [-0.25, -0.2) is 13.2 Å². The first-order valence-electron chi connectivity index (χ1n) is 16.0. The number of pyridine rings is 1. The molecule has 0 bridgehead atoms. The van der Waals surface area contributed by atoms with Gasteiger partial charge < -0.3 is 38.8 Å². The van der Waals surface area contributed by atoms with Crippen molar-refractivity contribution >= 4 is 16.1 Å². The molecule has 48 heavy (non-hydrogen) atoms. The minimum Gasteiger partial charge on any atom is -0.489 e. The lowest BCUT2D eigenvalue weighted by Gasteiger charge is -2.31. The molecule has 1 aromatic heterocycles. The molecule has 0 unspecified atom stereocenters. The number of sulfonamides is 1. The molecule has 2 fully saturated rings. The van der Waals surface area contributed by atoms with E-state index in [0.29, 0.717) is 36.9 Å². The Balaban J connectivity index is 1.18. The lowest BCUT2D eigenvalue weighted by atomic mass is 10.0. The van der Waals surface area contributed by atoms with Crippen LogP contribution in [-0.2, 0) is 37.3 Å². The number of hydrogen-bond donors (Lipinski definition) is 2. The van der Waals surface area contributed by atoms with Gasteiger partial charge in [-0.3, -0.25) is 4.98 Å². The van der Waals surface area contributed by atoms with Gasteiger partial charge in [-0.15, -0.1) is 0 Å². The lowest BCUT2D eigenvalue weighted by molar-refractivity contribution is -0.0907. The average Bonchev–Trinajstić information content (AvgIpc) is 3.83. The number of alkyl carbamates (subject to hydrolysis) is 1. The maximum atomic E-state index is 13.9. The van der Waals surface area contributed by atoms with E-state index in [-0.39, 0.29) is 49.6 Å². The highest BCUT2D eigenvalue weighted by molar-refractivity contribution is 7.89. The van der Waals surface area contributed by atoms with Crippen molar-refractivity contribution in [3.63, 3.8) is 0 Å². The normalized spacial score (nSPS) is 21.2. The first kappa shape index (κ1) is 33.9. The molecule has 258 valence electrons. The monoisotopic (exact) mass is 683 g/mol. The first-order valence-corrected chi connectivity index (χ1v) is 17.5. The molecule has 2 aromatic carbocycles. The van der Waals surface area contributed by atoms with Crippen molar-refractivity contribution in [1.29, 1.82) is 0 Å². The molecule has 3 aliphatic heterocycles. The van der Waals surface area contributed by atoms with Crippen molar-refractivity contribution in [2.75, 3.05) is 33.1 Å². The van der Waals surface area contributed by atoms with E-state index in [2.05, 4.69) is 10.3 Å². The van der Waals surface area contributed by atoms with E-state index in [1.165, 1.54) is 16.4 Å². The molecule has 3 aliphatic rings. The summed E-state index contributed by atoms with van der Waals surface area (Å²) < 4.78 is 62.6. The van der Waals surface area contributed by atoms with Crippen molar-refractivity contribution in [2.45, 2.75) is 62.7 Å². The summed E-state index contributed by atoms with van der Waals surface area (Å²) in [5.41, 5.74) is 1.72. The molecule has 14 heteroatoms. The zero-order valence-electron chi connectivity index (χ0n) is 26.9. The van der Waals surface area contributed by atoms with Gasteiger partial charge in [0.1, 0.15) is 18.5 Å². The van der Waals surface area contributed by atoms with Gasteiger partial charge in [-0.05, 0) is 54.7 Å². The molecule has 2 saturated heterocycles. The van der Waals surface area contributed by atoms with Gasteiger partial charge in [-0.2, -0.15) is 4.31 Å². The van der Waals surface area contributed by atoms with Gasteiger partial charge in [0.2, 0.25) is 16.8 Å². The maximum absolute atomic E-state index is 13.9. The average molecular weight is 684 g/mol. The molecule has 3 aromatic rings. The van der Waals surface area contributed by atoms with E-state index >= 15 is 0 Å². The second-order valence-corrected chi connectivity index (χ2v) is 14.5. The van der Waals surface area contributed by atoms with E-state index in [1.54, 1.807) is 30.6 Å². The predicted molar refractivity (Wildman–Crippen MR) is 172 cm³/mol. The lowest BCUT2D eigenvalue weighted by Crippen LogP contribution is -2.51. The molecule has 5 atom stereocenters. The van der Waals surface area contributed by atoms with Crippen molar-refractivity contribution < 1.29 is 46.7 Å². The van der Waals surface area contributed by atoms with E-state index in [0.717, 1.165) is 11.1 Å². The summed E-state index contributed by atoms with van der Waals surface area (Å²) in [6, 6.07) is 14.6. The summed E-state index contributed by atoms with van der Waals surface area (Å²) in [6.07, 6.45) is 1.42. The van der Waals surface area contributed by atoms with E-state index in [9.17, 15) is 18.3 Å². The fourth-order valence-corrected chi connectivity index (χ4v) is 7.62. The van der Waals surface area contributed by atoms with Crippen LogP contribution in [0.25, 0.3) is 0 Å². The molecule has 4 heterocycles. The van der Waals surface area contributed by atoms with Gasteiger partial charge in [0.25, 0.3) is 0 Å². The van der Waals surface area contributed by atoms with Gasteiger partial charge in [-0.1, -0.05) is 32.0 Å². The van der Waals surface area contributed by atoms with Gasteiger partial charge >= 0.3 is 6.09 Å². The number of carbonyl (C=O) groups is 1. The number of hydrogen-bond acceptors (Lipinski definition) is 11. The standard InChI is InChI=1S/C34H41N3O10S/c1-22(2)17-37(48(40,41)26-9-10-30-31(15-26)46-21-45-30)18-29(38)28(36-34(39)47-32-20-44-33-27(32)11-13-42-33)14-23-5-7-25(8-6-23)43-19-24-4-3-12-35-16-24/h3-10,12,15-16,22,27-29,32-33,38H,11,13-14,17-21H2,1-2H3,(H,36,39)/t27-,28-,29+,32-,33+/m0/s1. The fraction of sp³-hybridized carbons (Fsp3) is 0.471. The van der Waals surface area contributed by atoms with Crippen LogP contribution in [0.4, 0.5) is 4.79 Å². The summed E-state index contributed by atoms with van der Waals surface area (Å²) in [4.78, 5) is 17.3. The Labute approximate surface area is 280 Å². The van der Waals surface area contributed by atoms with Crippen LogP contribution in [0.15, 0.2) is 71.9 Å². The summed E-state index contributed by atoms with van der Waals surface area (Å²) in [7, 11) is -4.07. The minimum atomic E-state index is -4.07. The number of ether oxygens (including phenoxy) is 6. The van der Waals surface area contributed by atoms with Crippen LogP contribution >= 0.6 is 0 Å². The zero-order chi connectivity index (χ0) is 33.7. The molecule has 1 amide bonds.